The minimum atomic E-state index is -0.262. The Morgan fingerprint density at radius 2 is 1.88 bits per heavy atom. The smallest absolute Gasteiger partial charge is 0.278 e. The van der Waals surface area contributed by atoms with Crippen molar-refractivity contribution in [2.24, 2.45) is 0 Å². The van der Waals surface area contributed by atoms with Gasteiger partial charge in [-0.2, -0.15) is 0 Å². The minimum Gasteiger partial charge on any atom is -0.320 e. The molecule has 1 aromatic carbocycles. The van der Waals surface area contributed by atoms with E-state index in [1.807, 2.05) is 29.7 Å². The van der Waals surface area contributed by atoms with Gasteiger partial charge in [-0.3, -0.25) is 14.2 Å². The molecule has 0 fully saturated rings. The summed E-state index contributed by atoms with van der Waals surface area (Å²) in [4.78, 5) is 25.5. The first-order valence-electron chi connectivity index (χ1n) is 8.86. The molecule has 0 saturated heterocycles. The van der Waals surface area contributed by atoms with E-state index < -0.39 is 0 Å². The number of aromatic nitrogens is 2. The van der Waals surface area contributed by atoms with E-state index in [4.69, 9.17) is 12.2 Å². The van der Waals surface area contributed by atoms with Crippen molar-refractivity contribution in [1.82, 2.24) is 9.13 Å². The van der Waals surface area contributed by atoms with Crippen molar-refractivity contribution in [2.75, 3.05) is 5.32 Å². The van der Waals surface area contributed by atoms with Crippen LogP contribution >= 0.6 is 12.2 Å². The van der Waals surface area contributed by atoms with E-state index >= 15 is 0 Å². The number of nitrogens with zero attached hydrogens (tertiary/aromatic N) is 2. The summed E-state index contributed by atoms with van der Waals surface area (Å²) in [7, 11) is 0. The monoisotopic (exact) mass is 357 g/mol. The number of benzene rings is 1. The number of carbonyl (C=O) groups excluding carboxylic acids is 1. The summed E-state index contributed by atoms with van der Waals surface area (Å²) in [5.74, 6) is -0.262. The Labute approximate surface area is 152 Å². The molecule has 5 nitrogen and oxygen atoms in total. The van der Waals surface area contributed by atoms with Gasteiger partial charge in [0.15, 0.2) is 4.77 Å². The molecular formula is C19H23N3O2S. The van der Waals surface area contributed by atoms with Crippen molar-refractivity contribution in [3.63, 3.8) is 0 Å². The normalized spacial score (nSPS) is 14.3. The van der Waals surface area contributed by atoms with Gasteiger partial charge in [0.1, 0.15) is 5.69 Å². The van der Waals surface area contributed by atoms with Gasteiger partial charge in [0.2, 0.25) is 0 Å². The van der Waals surface area contributed by atoms with Crippen LogP contribution in [0.3, 0.4) is 0 Å². The largest absolute Gasteiger partial charge is 0.320 e. The van der Waals surface area contributed by atoms with Crippen molar-refractivity contribution in [3.05, 3.63) is 56.7 Å². The molecule has 1 aliphatic heterocycles. The summed E-state index contributed by atoms with van der Waals surface area (Å²) in [6.45, 7) is 3.19. The maximum Gasteiger partial charge on any atom is 0.278 e. The Balaban J connectivity index is 2.11. The van der Waals surface area contributed by atoms with Crippen molar-refractivity contribution >= 4 is 23.8 Å². The lowest BCUT2D eigenvalue weighted by Gasteiger charge is -2.22. The molecule has 25 heavy (non-hydrogen) atoms. The van der Waals surface area contributed by atoms with E-state index in [9.17, 15) is 9.59 Å². The SMILES string of the molecule is CCn1c(=O)c(NC(=O)c2ccccc2)c2n(c1=S)CCCCCC2. The van der Waals surface area contributed by atoms with Crippen LogP contribution in [-0.4, -0.2) is 15.0 Å². The lowest BCUT2D eigenvalue weighted by atomic mass is 10.1. The highest BCUT2D eigenvalue weighted by Gasteiger charge is 2.20. The maximum absolute atomic E-state index is 12.9. The van der Waals surface area contributed by atoms with Crippen LogP contribution in [0.4, 0.5) is 5.69 Å². The molecule has 1 amide bonds. The first-order chi connectivity index (χ1) is 12.1. The molecule has 1 aliphatic rings. The van der Waals surface area contributed by atoms with E-state index in [1.165, 1.54) is 0 Å². The standard InChI is InChI=1S/C19H23N3O2S/c1-2-21-18(24)16(20-17(23)14-10-6-5-7-11-14)15-12-8-3-4-9-13-22(15)19(21)25/h5-7,10-11H,2-4,8-9,12-13H2,1H3,(H,20,23). The van der Waals surface area contributed by atoms with Crippen molar-refractivity contribution in [1.29, 1.82) is 0 Å². The molecule has 0 saturated carbocycles. The summed E-state index contributed by atoms with van der Waals surface area (Å²) in [6.07, 6.45) is 5.09. The summed E-state index contributed by atoms with van der Waals surface area (Å²) >= 11 is 5.55. The molecule has 3 rings (SSSR count). The van der Waals surface area contributed by atoms with Crippen molar-refractivity contribution in [3.8, 4) is 0 Å². The molecule has 0 spiro atoms. The van der Waals surface area contributed by atoms with Crippen LogP contribution in [-0.2, 0) is 19.5 Å². The number of hydrogen-bond acceptors (Lipinski definition) is 3. The summed E-state index contributed by atoms with van der Waals surface area (Å²) in [5.41, 5.74) is 1.58. The molecule has 2 heterocycles. The van der Waals surface area contributed by atoms with Gasteiger partial charge in [0.25, 0.3) is 11.5 Å². The molecule has 0 bridgehead atoms. The topological polar surface area (TPSA) is 56.0 Å². The fraction of sp³-hybridized carbons (Fsp3) is 0.421. The number of carbonyl (C=O) groups is 1. The third kappa shape index (κ3) is 3.58. The van der Waals surface area contributed by atoms with E-state index in [1.54, 1.807) is 16.7 Å². The van der Waals surface area contributed by atoms with Gasteiger partial charge in [0, 0.05) is 24.3 Å². The first kappa shape index (κ1) is 17.6. The van der Waals surface area contributed by atoms with Crippen molar-refractivity contribution in [2.45, 2.75) is 52.1 Å². The van der Waals surface area contributed by atoms with Gasteiger partial charge in [-0.15, -0.1) is 0 Å². The lowest BCUT2D eigenvalue weighted by molar-refractivity contribution is 0.102. The highest BCUT2D eigenvalue weighted by atomic mass is 32.1. The fourth-order valence-electron chi connectivity index (χ4n) is 3.33. The molecule has 1 aromatic heterocycles. The molecule has 0 unspecified atom stereocenters. The van der Waals surface area contributed by atoms with Crippen LogP contribution in [0.2, 0.25) is 0 Å². The predicted octanol–water partition coefficient (Wildman–Crippen LogP) is 3.77. The highest BCUT2D eigenvalue weighted by molar-refractivity contribution is 7.71. The summed E-state index contributed by atoms with van der Waals surface area (Å²) in [6, 6.07) is 8.96. The van der Waals surface area contributed by atoms with Gasteiger partial charge < -0.3 is 9.88 Å². The Morgan fingerprint density at radius 3 is 2.60 bits per heavy atom. The number of amides is 1. The van der Waals surface area contributed by atoms with Crippen LogP contribution in [0, 0.1) is 4.77 Å². The Morgan fingerprint density at radius 1 is 1.16 bits per heavy atom. The van der Waals surface area contributed by atoms with Crippen LogP contribution in [0.15, 0.2) is 35.1 Å². The van der Waals surface area contributed by atoms with Gasteiger partial charge in [-0.05, 0) is 50.5 Å². The molecule has 0 radical (unpaired) electrons. The Bertz CT molecular complexity index is 884. The third-order valence-electron chi connectivity index (χ3n) is 4.67. The van der Waals surface area contributed by atoms with Crippen LogP contribution in [0.5, 0.6) is 0 Å². The lowest BCUT2D eigenvalue weighted by Crippen LogP contribution is -2.32. The Kier molecular flexibility index (Phi) is 5.48. The van der Waals surface area contributed by atoms with Gasteiger partial charge in [-0.1, -0.05) is 31.0 Å². The third-order valence-corrected chi connectivity index (χ3v) is 5.11. The van der Waals surface area contributed by atoms with Crippen LogP contribution in [0.25, 0.3) is 0 Å². The maximum atomic E-state index is 12.9. The molecule has 1 N–H and O–H groups in total. The highest BCUT2D eigenvalue weighted by Crippen LogP contribution is 2.20. The average molecular weight is 357 g/mol. The number of anilines is 1. The quantitative estimate of drug-likeness (QED) is 0.851. The van der Waals surface area contributed by atoms with Gasteiger partial charge in [-0.25, -0.2) is 0 Å². The zero-order valence-electron chi connectivity index (χ0n) is 14.5. The van der Waals surface area contributed by atoms with E-state index in [0.29, 0.717) is 22.6 Å². The second-order valence-electron chi connectivity index (χ2n) is 6.29. The number of fused-ring (bicyclic) bond motifs is 1. The minimum absolute atomic E-state index is 0.205. The Hall–Kier alpha value is -2.21. The average Bonchev–Trinajstić information content (AvgIpc) is 2.60. The van der Waals surface area contributed by atoms with Crippen LogP contribution < -0.4 is 10.9 Å². The summed E-state index contributed by atoms with van der Waals surface area (Å²) < 4.78 is 4.17. The van der Waals surface area contributed by atoms with Gasteiger partial charge >= 0.3 is 0 Å². The molecule has 0 atom stereocenters. The number of nitrogens with one attached hydrogen (secondary N) is 1. The zero-order chi connectivity index (χ0) is 17.8. The first-order valence-corrected chi connectivity index (χ1v) is 9.27. The molecule has 6 heteroatoms. The molecule has 132 valence electrons. The predicted molar refractivity (Wildman–Crippen MR) is 102 cm³/mol. The summed E-state index contributed by atoms with van der Waals surface area (Å²) in [5, 5.41) is 2.87. The number of hydrogen-bond donors (Lipinski definition) is 1. The molecular weight excluding hydrogens is 334 g/mol. The number of rotatable bonds is 3. The molecule has 2 aromatic rings. The second-order valence-corrected chi connectivity index (χ2v) is 6.65. The zero-order valence-corrected chi connectivity index (χ0v) is 15.3. The van der Waals surface area contributed by atoms with E-state index in [2.05, 4.69) is 5.32 Å². The van der Waals surface area contributed by atoms with E-state index in [-0.39, 0.29) is 11.5 Å². The van der Waals surface area contributed by atoms with Gasteiger partial charge in [0.05, 0.1) is 0 Å². The van der Waals surface area contributed by atoms with E-state index in [0.717, 1.165) is 44.3 Å². The second kappa shape index (κ2) is 7.78. The molecule has 0 aliphatic carbocycles. The van der Waals surface area contributed by atoms with Crippen molar-refractivity contribution < 1.29 is 4.79 Å². The van der Waals surface area contributed by atoms with Crippen LogP contribution in [0.1, 0.15) is 48.7 Å². The fourth-order valence-corrected chi connectivity index (χ4v) is 3.74.